The van der Waals surface area contributed by atoms with Crippen LogP contribution in [0, 0.1) is 0 Å². The van der Waals surface area contributed by atoms with Gasteiger partial charge in [0.25, 0.3) is 5.91 Å². The van der Waals surface area contributed by atoms with Crippen LogP contribution in [-0.2, 0) is 4.79 Å². The highest BCUT2D eigenvalue weighted by molar-refractivity contribution is 6.14. The van der Waals surface area contributed by atoms with Crippen LogP contribution in [0.5, 0.6) is 0 Å². The Morgan fingerprint density at radius 1 is 1.17 bits per heavy atom. The first-order chi connectivity index (χ1) is 14.6. The van der Waals surface area contributed by atoms with Gasteiger partial charge in [-0.05, 0) is 31.4 Å². The van der Waals surface area contributed by atoms with Crippen molar-refractivity contribution in [1.82, 2.24) is 30.2 Å². The molecule has 10 heteroatoms. The molecular formula is C20H20N8O2. The van der Waals surface area contributed by atoms with Crippen molar-refractivity contribution in [3.05, 3.63) is 53.4 Å². The molecule has 0 radical (unpaired) electrons. The van der Waals surface area contributed by atoms with E-state index in [0.717, 1.165) is 18.4 Å². The number of urea groups is 1. The maximum Gasteiger partial charge on any atom is 0.326 e. The van der Waals surface area contributed by atoms with Gasteiger partial charge in [-0.15, -0.1) is 0 Å². The lowest BCUT2D eigenvalue weighted by atomic mass is 10.1. The molecule has 3 heterocycles. The number of amides is 3. The zero-order chi connectivity index (χ0) is 20.7. The third kappa shape index (κ3) is 3.54. The summed E-state index contributed by atoms with van der Waals surface area (Å²) >= 11 is 0. The van der Waals surface area contributed by atoms with Gasteiger partial charge in [0.05, 0.1) is 12.2 Å². The number of anilines is 2. The van der Waals surface area contributed by atoms with Crippen molar-refractivity contribution in [2.75, 3.05) is 10.6 Å². The van der Waals surface area contributed by atoms with Gasteiger partial charge in [0.2, 0.25) is 11.9 Å². The molecule has 1 unspecified atom stereocenters. The van der Waals surface area contributed by atoms with E-state index >= 15 is 0 Å². The molecule has 1 saturated carbocycles. The number of benzene rings is 1. The molecule has 3 aromatic rings. The highest BCUT2D eigenvalue weighted by Gasteiger charge is 2.26. The predicted octanol–water partition coefficient (Wildman–Crippen LogP) is 2.05. The van der Waals surface area contributed by atoms with E-state index in [1.165, 1.54) is 0 Å². The van der Waals surface area contributed by atoms with Crippen LogP contribution in [0.15, 0.2) is 42.2 Å². The molecule has 152 valence electrons. The monoisotopic (exact) mass is 404 g/mol. The van der Waals surface area contributed by atoms with Crippen LogP contribution in [-0.4, -0.2) is 37.6 Å². The molecule has 0 bridgehead atoms. The quantitative estimate of drug-likeness (QED) is 0.366. The summed E-state index contributed by atoms with van der Waals surface area (Å²) in [7, 11) is 0. The molecule has 3 amide bonds. The Balaban J connectivity index is 1.53. The van der Waals surface area contributed by atoms with Gasteiger partial charge in [-0.25, -0.2) is 4.79 Å². The van der Waals surface area contributed by atoms with Gasteiger partial charge < -0.3 is 16.0 Å². The average molecular weight is 404 g/mol. The minimum absolute atomic E-state index is 0.00736. The summed E-state index contributed by atoms with van der Waals surface area (Å²) < 4.78 is 1.61. The number of fused-ring (bicyclic) bond motifs is 1. The fourth-order valence-electron chi connectivity index (χ4n) is 3.22. The van der Waals surface area contributed by atoms with Crippen molar-refractivity contribution in [1.29, 1.82) is 0 Å². The third-order valence-corrected chi connectivity index (χ3v) is 4.97. The van der Waals surface area contributed by atoms with E-state index in [0.29, 0.717) is 29.1 Å². The van der Waals surface area contributed by atoms with Crippen LogP contribution in [0.4, 0.5) is 16.7 Å². The van der Waals surface area contributed by atoms with Crippen molar-refractivity contribution in [2.45, 2.75) is 31.8 Å². The number of imide groups is 1. The van der Waals surface area contributed by atoms with Gasteiger partial charge in [-0.3, -0.25) is 10.1 Å². The Labute approximate surface area is 171 Å². The fraction of sp³-hybridized carbons (Fsp3) is 0.250. The van der Waals surface area contributed by atoms with E-state index < -0.39 is 11.9 Å². The fourth-order valence-corrected chi connectivity index (χ4v) is 3.22. The average Bonchev–Trinajstić information content (AvgIpc) is 3.37. The Hall–Kier alpha value is -3.95. The van der Waals surface area contributed by atoms with Gasteiger partial charge in [0.15, 0.2) is 5.65 Å². The lowest BCUT2D eigenvalue weighted by Crippen LogP contribution is -2.22. The maximum atomic E-state index is 11.9. The van der Waals surface area contributed by atoms with Crippen LogP contribution in [0.25, 0.3) is 11.7 Å². The van der Waals surface area contributed by atoms with Gasteiger partial charge in [-0.1, -0.05) is 30.3 Å². The van der Waals surface area contributed by atoms with E-state index in [2.05, 4.69) is 36.3 Å². The zero-order valence-electron chi connectivity index (χ0n) is 16.2. The van der Waals surface area contributed by atoms with Crippen LogP contribution in [0.2, 0.25) is 0 Å². The van der Waals surface area contributed by atoms with Crippen LogP contribution >= 0.6 is 0 Å². The van der Waals surface area contributed by atoms with Crippen molar-refractivity contribution in [2.24, 2.45) is 0 Å². The number of aromatic nitrogens is 4. The molecule has 10 nitrogen and oxygen atoms in total. The van der Waals surface area contributed by atoms with Crippen molar-refractivity contribution in [3.63, 3.8) is 0 Å². The summed E-state index contributed by atoms with van der Waals surface area (Å²) in [5.41, 5.74) is 2.38. The lowest BCUT2D eigenvalue weighted by Gasteiger charge is -2.15. The number of hydrogen-bond acceptors (Lipinski definition) is 7. The van der Waals surface area contributed by atoms with E-state index in [1.807, 2.05) is 37.3 Å². The van der Waals surface area contributed by atoms with E-state index in [4.69, 9.17) is 0 Å². The summed E-state index contributed by atoms with van der Waals surface area (Å²) in [6.45, 7) is 2.04. The molecule has 2 aliphatic rings. The molecule has 2 fully saturated rings. The third-order valence-electron chi connectivity index (χ3n) is 4.97. The standard InChI is InChI=1S/C20H20N8O2/c1-11(12-5-3-2-4-6-12)22-18-25-16-13(9-15-17(29)26-20(30)24-15)10-21-28(16)19(27-18)23-14-7-8-14/h2-6,9-11,14H,7-8H2,1H3,(H2,22,23,25,27)(H2,24,26,29,30)/b15-9-. The van der Waals surface area contributed by atoms with E-state index in [9.17, 15) is 9.59 Å². The maximum absolute atomic E-state index is 11.9. The molecule has 1 aliphatic carbocycles. The summed E-state index contributed by atoms with van der Waals surface area (Å²) in [5.74, 6) is 0.540. The second kappa shape index (κ2) is 7.14. The normalized spacial score (nSPS) is 18.4. The van der Waals surface area contributed by atoms with Crippen molar-refractivity contribution in [3.8, 4) is 0 Å². The molecule has 2 aromatic heterocycles. The first kappa shape index (κ1) is 18.1. The molecule has 1 aromatic carbocycles. The van der Waals surface area contributed by atoms with Crippen LogP contribution in [0.1, 0.15) is 36.9 Å². The summed E-state index contributed by atoms with van der Waals surface area (Å²) in [6.07, 6.45) is 5.32. The second-order valence-electron chi connectivity index (χ2n) is 7.37. The van der Waals surface area contributed by atoms with Gasteiger partial charge in [-0.2, -0.15) is 19.6 Å². The highest BCUT2D eigenvalue weighted by Crippen LogP contribution is 2.26. The molecule has 1 atom stereocenters. The first-order valence-corrected chi connectivity index (χ1v) is 9.74. The van der Waals surface area contributed by atoms with Crippen LogP contribution in [0.3, 0.4) is 0 Å². The molecule has 1 aliphatic heterocycles. The largest absolute Gasteiger partial charge is 0.351 e. The van der Waals surface area contributed by atoms with Crippen molar-refractivity contribution < 1.29 is 9.59 Å². The summed E-state index contributed by atoms with van der Waals surface area (Å²) in [6, 6.07) is 9.83. The number of hydrogen-bond donors (Lipinski definition) is 4. The molecule has 5 rings (SSSR count). The predicted molar refractivity (Wildman–Crippen MR) is 111 cm³/mol. The number of nitrogens with one attached hydrogen (secondary N) is 4. The Morgan fingerprint density at radius 3 is 2.67 bits per heavy atom. The minimum Gasteiger partial charge on any atom is -0.351 e. The van der Waals surface area contributed by atoms with E-state index in [-0.39, 0.29) is 11.7 Å². The topological polar surface area (TPSA) is 125 Å². The number of nitrogens with zero attached hydrogens (tertiary/aromatic N) is 4. The van der Waals surface area contributed by atoms with Gasteiger partial charge in [0.1, 0.15) is 5.70 Å². The highest BCUT2D eigenvalue weighted by atomic mass is 16.2. The number of carbonyl (C=O) groups is 2. The first-order valence-electron chi connectivity index (χ1n) is 9.74. The Morgan fingerprint density at radius 2 is 1.97 bits per heavy atom. The number of rotatable bonds is 6. The summed E-state index contributed by atoms with van der Waals surface area (Å²) in [4.78, 5) is 32.5. The minimum atomic E-state index is -0.549. The van der Waals surface area contributed by atoms with E-state index in [1.54, 1.807) is 16.8 Å². The summed E-state index contributed by atoms with van der Waals surface area (Å²) in [5, 5.41) is 15.8. The van der Waals surface area contributed by atoms with Crippen LogP contribution < -0.4 is 21.3 Å². The SMILES string of the molecule is CC(Nc1nc(NC2CC2)n2ncc(/C=C3\NC(=O)NC3=O)c2n1)c1ccccc1. The number of carbonyl (C=O) groups excluding carboxylic acids is 2. The second-order valence-corrected chi connectivity index (χ2v) is 7.37. The Bertz CT molecular complexity index is 1170. The van der Waals surface area contributed by atoms with Crippen molar-refractivity contribution >= 4 is 35.6 Å². The molecule has 0 spiro atoms. The molecule has 1 saturated heterocycles. The molecule has 30 heavy (non-hydrogen) atoms. The van der Waals surface area contributed by atoms with Gasteiger partial charge in [0, 0.05) is 11.6 Å². The molecular weight excluding hydrogens is 384 g/mol. The van der Waals surface area contributed by atoms with Gasteiger partial charge >= 0.3 is 6.03 Å². The molecule has 4 N–H and O–H groups in total. The zero-order valence-corrected chi connectivity index (χ0v) is 16.2. The smallest absolute Gasteiger partial charge is 0.326 e. The lowest BCUT2D eigenvalue weighted by molar-refractivity contribution is -0.115. The Kier molecular flexibility index (Phi) is 4.31.